The number of aliphatic carboxylic acids is 1. The normalized spacial score (nSPS) is 12.0. The third-order valence-corrected chi connectivity index (χ3v) is 17.3. The first-order chi connectivity index (χ1) is 59.1. The van der Waals surface area contributed by atoms with Crippen molar-refractivity contribution in [1.29, 1.82) is 0 Å². The van der Waals surface area contributed by atoms with Gasteiger partial charge in [0, 0.05) is 52.1 Å². The molecule has 0 aliphatic rings. The number of hydrogen-bond acceptors (Lipinski definition) is 30. The number of carbonyl (C=O) groups excluding carboxylic acids is 5. The molecule has 0 aromatic rings. The van der Waals surface area contributed by atoms with Crippen molar-refractivity contribution in [1.82, 2.24) is 21.3 Å². The topological polar surface area (TPSA) is 392 Å². The molecular weight excluding hydrogens is 1570 g/mol. The predicted octanol–water partition coefficient (Wildman–Crippen LogP) is 5.89. The maximum atomic E-state index is 13.1. The first-order valence-corrected chi connectivity index (χ1v) is 44.2. The molecule has 2 atom stereocenters. The number of ketones is 1. The summed E-state index contributed by atoms with van der Waals surface area (Å²) in [5, 5.41) is 20.4. The highest BCUT2D eigenvalue weighted by Gasteiger charge is 2.23. The lowest BCUT2D eigenvalue weighted by molar-refractivity contribution is -0.142. The standard InChI is InChI=1S/C85H160N4O31/c1-4-6-8-9-10-11-12-13-14-15-16-17-21-25-83(93)89-80(85(95)96)27-26-78(90)22-19-18-20-23-79(88-82(92)24-7-5-2)84(94)87-29-31-98-33-35-100-37-39-102-41-43-104-45-47-106-49-51-108-53-55-110-57-59-112-61-63-114-65-67-116-69-71-118-73-75-120-77-76-119-74-72-117-70-68-115-66-64-113-62-60-111-58-56-109-54-52-107-50-48-105-46-44-103-42-40-101-38-36-99-34-32-97-30-28-81(91)86-3/h2,79-80H,4,6-77H2,1,3H3,(H,86,91)(H,87,94)(H,88,92)(H,89,93)(H,95,96)/t79-,80-/m0/s1. The van der Waals surface area contributed by atoms with Gasteiger partial charge in [-0.3, -0.25) is 24.0 Å². The van der Waals surface area contributed by atoms with Crippen LogP contribution in [0.2, 0.25) is 0 Å². The molecule has 0 heterocycles. The summed E-state index contributed by atoms with van der Waals surface area (Å²) < 4.78 is 133. The van der Waals surface area contributed by atoms with Gasteiger partial charge in [0.15, 0.2) is 0 Å². The molecule has 0 spiro atoms. The van der Waals surface area contributed by atoms with Gasteiger partial charge in [0.2, 0.25) is 23.6 Å². The second-order valence-corrected chi connectivity index (χ2v) is 27.4. The molecule has 0 aromatic carbocycles. The van der Waals surface area contributed by atoms with E-state index in [1.54, 1.807) is 7.05 Å². The van der Waals surface area contributed by atoms with Crippen LogP contribution in [0.25, 0.3) is 0 Å². The Morgan fingerprint density at radius 2 is 0.508 bits per heavy atom. The van der Waals surface area contributed by atoms with Gasteiger partial charge in [-0.2, -0.15) is 0 Å². The van der Waals surface area contributed by atoms with Crippen molar-refractivity contribution in [2.75, 3.05) is 331 Å². The third-order valence-electron chi connectivity index (χ3n) is 17.3. The number of nitrogens with one attached hydrogen (secondary N) is 4. The first-order valence-electron chi connectivity index (χ1n) is 44.2. The Bertz CT molecular complexity index is 2240. The van der Waals surface area contributed by atoms with E-state index < -0.39 is 18.1 Å². The molecule has 0 rings (SSSR count). The smallest absolute Gasteiger partial charge is 0.326 e. The lowest BCUT2D eigenvalue weighted by Crippen LogP contribution is -2.47. The predicted molar refractivity (Wildman–Crippen MR) is 449 cm³/mol. The Labute approximate surface area is 717 Å². The largest absolute Gasteiger partial charge is 0.480 e. The summed E-state index contributed by atoms with van der Waals surface area (Å²) in [6, 6.07) is -1.90. The van der Waals surface area contributed by atoms with Gasteiger partial charge in [0.1, 0.15) is 17.9 Å². The maximum Gasteiger partial charge on any atom is 0.326 e. The van der Waals surface area contributed by atoms with Crippen molar-refractivity contribution in [3.8, 4) is 12.3 Å². The molecule has 0 aliphatic carbocycles. The summed E-state index contributed by atoms with van der Waals surface area (Å²) in [4.78, 5) is 73.8. The van der Waals surface area contributed by atoms with E-state index in [0.29, 0.717) is 349 Å². The fourth-order valence-corrected chi connectivity index (χ4v) is 10.6. The minimum atomic E-state index is -1.16. The molecule has 706 valence electrons. The Hall–Kier alpha value is -4.38. The third kappa shape index (κ3) is 94.3. The van der Waals surface area contributed by atoms with Crippen LogP contribution in [0.15, 0.2) is 0 Å². The Morgan fingerprint density at radius 1 is 0.267 bits per heavy atom. The number of terminal acetylenes is 1. The summed E-state index contributed by atoms with van der Waals surface area (Å²) in [7, 11) is 1.60. The minimum Gasteiger partial charge on any atom is -0.480 e. The van der Waals surface area contributed by atoms with E-state index in [1.165, 1.54) is 57.8 Å². The van der Waals surface area contributed by atoms with Crippen molar-refractivity contribution < 1.29 is 148 Å². The van der Waals surface area contributed by atoms with Crippen molar-refractivity contribution in [3.05, 3.63) is 0 Å². The highest BCUT2D eigenvalue weighted by Crippen LogP contribution is 2.15. The quantitative estimate of drug-likeness (QED) is 0.0350. The van der Waals surface area contributed by atoms with E-state index in [9.17, 15) is 33.9 Å². The molecule has 0 bridgehead atoms. The van der Waals surface area contributed by atoms with E-state index in [-0.39, 0.29) is 81.1 Å². The average Bonchev–Trinajstić information content (AvgIpc) is 0.931. The number of carbonyl (C=O) groups is 6. The van der Waals surface area contributed by atoms with Gasteiger partial charge in [-0.25, -0.2) is 4.79 Å². The average molecular weight is 1730 g/mol. The van der Waals surface area contributed by atoms with Gasteiger partial charge in [0.25, 0.3) is 0 Å². The van der Waals surface area contributed by atoms with Crippen molar-refractivity contribution in [2.45, 2.75) is 173 Å². The van der Waals surface area contributed by atoms with E-state index in [1.807, 2.05) is 0 Å². The van der Waals surface area contributed by atoms with Gasteiger partial charge in [0.05, 0.1) is 317 Å². The Balaban J connectivity index is 3.47. The number of ether oxygens (including phenoxy) is 24. The van der Waals surface area contributed by atoms with Crippen LogP contribution < -0.4 is 21.3 Å². The number of Topliss-reactive ketones (excluding diaryl/α,β-unsaturated/α-hetero) is 1. The van der Waals surface area contributed by atoms with E-state index in [2.05, 4.69) is 34.1 Å². The van der Waals surface area contributed by atoms with Crippen LogP contribution in [-0.4, -0.2) is 383 Å². The monoisotopic (exact) mass is 1730 g/mol. The van der Waals surface area contributed by atoms with Crippen LogP contribution in [0.1, 0.15) is 161 Å². The maximum absolute atomic E-state index is 13.1. The lowest BCUT2D eigenvalue weighted by Gasteiger charge is -2.18. The molecule has 0 radical (unpaired) electrons. The molecule has 0 saturated heterocycles. The van der Waals surface area contributed by atoms with E-state index >= 15 is 0 Å². The fraction of sp³-hybridized carbons (Fsp3) is 0.906. The van der Waals surface area contributed by atoms with Gasteiger partial charge in [-0.1, -0.05) is 96.8 Å². The summed E-state index contributed by atoms with van der Waals surface area (Å²) >= 11 is 0. The fourth-order valence-electron chi connectivity index (χ4n) is 10.6. The second kappa shape index (κ2) is 100. The number of carboxylic acid groups (broad SMARTS) is 1. The first kappa shape index (κ1) is 116. The van der Waals surface area contributed by atoms with Crippen molar-refractivity contribution >= 4 is 35.4 Å². The molecule has 0 unspecified atom stereocenters. The zero-order valence-electron chi connectivity index (χ0n) is 73.5. The summed E-state index contributed by atoms with van der Waals surface area (Å²) in [5.74, 6) is 0.161. The van der Waals surface area contributed by atoms with Crippen LogP contribution in [0.5, 0.6) is 0 Å². The molecular formula is C85H160N4O31. The van der Waals surface area contributed by atoms with Crippen LogP contribution in [0, 0.1) is 12.3 Å². The molecule has 120 heavy (non-hydrogen) atoms. The van der Waals surface area contributed by atoms with Gasteiger partial charge in [-0.15, -0.1) is 12.3 Å². The SMILES string of the molecule is C#CCCC(=O)N[C@@H](CCCCCC(=O)CC[C@H](NC(=O)CCCCCCCCCCCCCCC)C(=O)O)C(=O)NCCOCCOCCOCCOCCOCCOCCOCCOCCOCCOCCOCCOCCOCCOCCOCCOCCOCCOCCOCCOCCOCCOCCOCCOCCC(=O)NC. The van der Waals surface area contributed by atoms with Crippen LogP contribution in [0.3, 0.4) is 0 Å². The van der Waals surface area contributed by atoms with Crippen molar-refractivity contribution in [3.63, 3.8) is 0 Å². The molecule has 5 N–H and O–H groups in total. The Morgan fingerprint density at radius 3 is 0.783 bits per heavy atom. The van der Waals surface area contributed by atoms with E-state index in [0.717, 1.165) is 19.3 Å². The minimum absolute atomic E-state index is 0.0277. The summed E-state index contributed by atoms with van der Waals surface area (Å²) in [6.45, 7) is 23.9. The zero-order chi connectivity index (χ0) is 86.7. The Kier molecular flexibility index (Phi) is 96.4. The number of unbranched alkanes of at least 4 members (excludes halogenated alkanes) is 14. The number of hydrogen-bond donors (Lipinski definition) is 5. The van der Waals surface area contributed by atoms with Crippen LogP contribution in [0.4, 0.5) is 0 Å². The van der Waals surface area contributed by atoms with Crippen LogP contribution >= 0.6 is 0 Å². The zero-order valence-corrected chi connectivity index (χ0v) is 73.5. The molecule has 35 nitrogen and oxygen atoms in total. The molecule has 0 aliphatic heterocycles. The highest BCUT2D eigenvalue weighted by atomic mass is 16.6. The molecule has 4 amide bonds. The number of carboxylic acids is 1. The summed E-state index contributed by atoms with van der Waals surface area (Å²) in [5.41, 5.74) is 0. The highest BCUT2D eigenvalue weighted by molar-refractivity contribution is 5.87. The number of rotatable bonds is 104. The van der Waals surface area contributed by atoms with E-state index in [4.69, 9.17) is 120 Å². The molecule has 0 aromatic heterocycles. The molecule has 0 saturated carbocycles. The second-order valence-electron chi connectivity index (χ2n) is 27.4. The van der Waals surface area contributed by atoms with Gasteiger partial charge >= 0.3 is 5.97 Å². The van der Waals surface area contributed by atoms with Gasteiger partial charge < -0.3 is 140 Å². The van der Waals surface area contributed by atoms with Crippen molar-refractivity contribution in [2.24, 2.45) is 0 Å². The molecule has 35 heteroatoms. The molecule has 0 fully saturated rings. The number of amides is 4. The lowest BCUT2D eigenvalue weighted by atomic mass is 10.0. The van der Waals surface area contributed by atoms with Crippen LogP contribution in [-0.2, 0) is 142 Å². The summed E-state index contributed by atoms with van der Waals surface area (Å²) in [6.07, 6.45) is 24.2. The van der Waals surface area contributed by atoms with Gasteiger partial charge in [-0.05, 0) is 25.7 Å².